The highest BCUT2D eigenvalue weighted by Crippen LogP contribution is 2.22. The summed E-state index contributed by atoms with van der Waals surface area (Å²) in [5, 5.41) is 6.80. The minimum atomic E-state index is -0.451. The third kappa shape index (κ3) is 4.25. The van der Waals surface area contributed by atoms with Gasteiger partial charge in [0.15, 0.2) is 0 Å². The van der Waals surface area contributed by atoms with E-state index in [1.165, 1.54) is 0 Å². The first-order chi connectivity index (χ1) is 8.14. The zero-order valence-corrected chi connectivity index (χ0v) is 12.8. The maximum atomic E-state index is 12.3. The summed E-state index contributed by atoms with van der Waals surface area (Å²) >= 11 is 0. The lowest BCUT2D eigenvalue weighted by atomic mass is 9.90. The van der Waals surface area contributed by atoms with Gasteiger partial charge in [0.25, 0.3) is 0 Å². The van der Waals surface area contributed by atoms with Crippen LogP contribution in [0.3, 0.4) is 0 Å². The van der Waals surface area contributed by atoms with E-state index in [4.69, 9.17) is 0 Å². The Hall–Kier alpha value is -0.610. The molecule has 0 radical (unpaired) electrons. The number of piperazine rings is 1. The summed E-state index contributed by atoms with van der Waals surface area (Å²) in [4.78, 5) is 14.3. The number of amides is 1. The van der Waals surface area contributed by atoms with Gasteiger partial charge in [0.1, 0.15) is 0 Å². The predicted octanol–water partition coefficient (Wildman–Crippen LogP) is 1.36. The van der Waals surface area contributed by atoms with E-state index in [0.717, 1.165) is 26.1 Å². The van der Waals surface area contributed by atoms with Crippen LogP contribution in [-0.4, -0.2) is 47.6 Å². The van der Waals surface area contributed by atoms with E-state index in [-0.39, 0.29) is 11.4 Å². The second kappa shape index (κ2) is 5.57. The van der Waals surface area contributed by atoms with Gasteiger partial charge in [-0.1, -0.05) is 13.8 Å². The van der Waals surface area contributed by atoms with Crippen LogP contribution in [0.2, 0.25) is 0 Å². The number of hydrogen-bond acceptors (Lipinski definition) is 3. The van der Waals surface area contributed by atoms with E-state index in [9.17, 15) is 4.79 Å². The highest BCUT2D eigenvalue weighted by molar-refractivity contribution is 5.86. The van der Waals surface area contributed by atoms with Crippen molar-refractivity contribution in [3.05, 3.63) is 0 Å². The van der Waals surface area contributed by atoms with Crippen LogP contribution in [0.4, 0.5) is 0 Å². The Kier molecular flexibility index (Phi) is 4.78. The molecule has 1 heterocycles. The molecule has 2 N–H and O–H groups in total. The second-order valence-electron chi connectivity index (χ2n) is 6.82. The van der Waals surface area contributed by atoms with Gasteiger partial charge in [-0.2, -0.15) is 0 Å². The molecule has 0 aromatic heterocycles. The van der Waals surface area contributed by atoms with Crippen molar-refractivity contribution in [2.45, 2.75) is 65.1 Å². The van der Waals surface area contributed by atoms with Crippen molar-refractivity contribution in [2.75, 3.05) is 19.6 Å². The Morgan fingerprint density at radius 3 is 2.50 bits per heavy atom. The van der Waals surface area contributed by atoms with E-state index >= 15 is 0 Å². The van der Waals surface area contributed by atoms with Crippen LogP contribution in [0, 0.1) is 0 Å². The fraction of sp³-hybridized carbons (Fsp3) is 0.929. The standard InChI is InChI=1S/C14H29N3O/c1-11(2)15-8-7-9-17-10-13(3,4)16-14(5,6)12(17)18/h11,15-16H,7-10H2,1-6H3. The molecule has 18 heavy (non-hydrogen) atoms. The van der Waals surface area contributed by atoms with Gasteiger partial charge >= 0.3 is 0 Å². The third-order valence-corrected chi connectivity index (χ3v) is 3.22. The zero-order valence-electron chi connectivity index (χ0n) is 12.8. The summed E-state index contributed by atoms with van der Waals surface area (Å²) in [5.41, 5.74) is -0.462. The summed E-state index contributed by atoms with van der Waals surface area (Å²) in [6.45, 7) is 15.1. The summed E-state index contributed by atoms with van der Waals surface area (Å²) in [6.07, 6.45) is 1.01. The summed E-state index contributed by atoms with van der Waals surface area (Å²) in [5.74, 6) is 0.214. The minimum absolute atomic E-state index is 0.0110. The molecule has 0 spiro atoms. The molecule has 1 rings (SSSR count). The van der Waals surface area contributed by atoms with Crippen LogP contribution in [0.25, 0.3) is 0 Å². The number of carbonyl (C=O) groups is 1. The maximum Gasteiger partial charge on any atom is 0.242 e. The molecule has 1 aliphatic heterocycles. The van der Waals surface area contributed by atoms with Crippen molar-refractivity contribution in [3.8, 4) is 0 Å². The quantitative estimate of drug-likeness (QED) is 0.729. The molecule has 0 atom stereocenters. The molecule has 1 aliphatic rings. The molecule has 0 unspecified atom stereocenters. The topological polar surface area (TPSA) is 44.4 Å². The maximum absolute atomic E-state index is 12.3. The summed E-state index contributed by atoms with van der Waals surface area (Å²) in [6, 6.07) is 0.511. The van der Waals surface area contributed by atoms with Crippen molar-refractivity contribution in [1.29, 1.82) is 0 Å². The van der Waals surface area contributed by atoms with Gasteiger partial charge < -0.3 is 10.2 Å². The molecule has 106 valence electrons. The molecule has 0 aliphatic carbocycles. The Labute approximate surface area is 111 Å². The molecule has 1 amide bonds. The smallest absolute Gasteiger partial charge is 0.242 e. The number of nitrogens with zero attached hydrogens (tertiary/aromatic N) is 1. The molecule has 0 aromatic rings. The van der Waals surface area contributed by atoms with Crippen molar-refractivity contribution in [3.63, 3.8) is 0 Å². The molecule has 1 fully saturated rings. The van der Waals surface area contributed by atoms with E-state index in [2.05, 4.69) is 38.3 Å². The normalized spacial score (nSPS) is 22.6. The van der Waals surface area contributed by atoms with Gasteiger partial charge in [0.05, 0.1) is 5.54 Å². The van der Waals surface area contributed by atoms with Crippen molar-refractivity contribution in [1.82, 2.24) is 15.5 Å². The van der Waals surface area contributed by atoms with Crippen LogP contribution < -0.4 is 10.6 Å². The highest BCUT2D eigenvalue weighted by Gasteiger charge is 2.42. The molecule has 0 aromatic carbocycles. The molecule has 1 saturated heterocycles. The van der Waals surface area contributed by atoms with Gasteiger partial charge in [0, 0.05) is 24.7 Å². The molecule has 4 heteroatoms. The zero-order chi connectivity index (χ0) is 14.0. The first kappa shape index (κ1) is 15.4. The van der Waals surface area contributed by atoms with Crippen LogP contribution in [0.5, 0.6) is 0 Å². The molecule has 4 nitrogen and oxygen atoms in total. The van der Waals surface area contributed by atoms with Gasteiger partial charge in [-0.15, -0.1) is 0 Å². The molecular weight excluding hydrogens is 226 g/mol. The molecular formula is C14H29N3O. The summed E-state index contributed by atoms with van der Waals surface area (Å²) in [7, 11) is 0. The number of nitrogens with one attached hydrogen (secondary N) is 2. The Morgan fingerprint density at radius 2 is 1.94 bits per heavy atom. The highest BCUT2D eigenvalue weighted by atomic mass is 16.2. The SMILES string of the molecule is CC(C)NCCCN1CC(C)(C)NC(C)(C)C1=O. The number of rotatable bonds is 5. The minimum Gasteiger partial charge on any atom is -0.339 e. The van der Waals surface area contributed by atoms with Crippen molar-refractivity contribution in [2.24, 2.45) is 0 Å². The Bertz CT molecular complexity index is 297. The van der Waals surface area contributed by atoms with Crippen LogP contribution in [-0.2, 0) is 4.79 Å². The monoisotopic (exact) mass is 255 g/mol. The lowest BCUT2D eigenvalue weighted by Crippen LogP contribution is -2.69. The molecule has 0 bridgehead atoms. The van der Waals surface area contributed by atoms with Gasteiger partial charge in [-0.3, -0.25) is 10.1 Å². The second-order valence-corrected chi connectivity index (χ2v) is 6.82. The van der Waals surface area contributed by atoms with E-state index in [0.29, 0.717) is 6.04 Å². The molecule has 0 saturated carbocycles. The van der Waals surface area contributed by atoms with Gasteiger partial charge in [-0.05, 0) is 40.7 Å². The number of carbonyl (C=O) groups excluding carboxylic acids is 1. The van der Waals surface area contributed by atoms with E-state index in [1.54, 1.807) is 0 Å². The van der Waals surface area contributed by atoms with E-state index in [1.807, 2.05) is 18.7 Å². The largest absolute Gasteiger partial charge is 0.339 e. The lowest BCUT2D eigenvalue weighted by Gasteiger charge is -2.47. The van der Waals surface area contributed by atoms with Gasteiger partial charge in [0.2, 0.25) is 5.91 Å². The van der Waals surface area contributed by atoms with Crippen molar-refractivity contribution < 1.29 is 4.79 Å². The first-order valence-electron chi connectivity index (χ1n) is 6.96. The summed E-state index contributed by atoms with van der Waals surface area (Å²) < 4.78 is 0. The average Bonchev–Trinajstić information content (AvgIpc) is 2.17. The fourth-order valence-electron chi connectivity index (χ4n) is 2.72. The van der Waals surface area contributed by atoms with Crippen LogP contribution in [0.15, 0.2) is 0 Å². The van der Waals surface area contributed by atoms with E-state index < -0.39 is 5.54 Å². The first-order valence-corrected chi connectivity index (χ1v) is 6.96. The Morgan fingerprint density at radius 1 is 1.33 bits per heavy atom. The average molecular weight is 255 g/mol. The van der Waals surface area contributed by atoms with Gasteiger partial charge in [-0.25, -0.2) is 0 Å². The fourth-order valence-corrected chi connectivity index (χ4v) is 2.72. The predicted molar refractivity (Wildman–Crippen MR) is 75.6 cm³/mol. The Balaban J connectivity index is 2.51. The van der Waals surface area contributed by atoms with Crippen LogP contribution in [0.1, 0.15) is 48.0 Å². The van der Waals surface area contributed by atoms with Crippen molar-refractivity contribution >= 4 is 5.91 Å². The third-order valence-electron chi connectivity index (χ3n) is 3.22. The van der Waals surface area contributed by atoms with Crippen LogP contribution >= 0.6 is 0 Å². The lowest BCUT2D eigenvalue weighted by molar-refractivity contribution is -0.143. The number of hydrogen-bond donors (Lipinski definition) is 2.